The van der Waals surface area contributed by atoms with Crippen molar-refractivity contribution in [3.8, 4) is 0 Å². The largest absolute Gasteiger partial charge is 0.465 e. The summed E-state index contributed by atoms with van der Waals surface area (Å²) in [7, 11) is 0. The zero-order chi connectivity index (χ0) is 19.5. The molecule has 1 aliphatic carbocycles. The predicted molar refractivity (Wildman–Crippen MR) is 104 cm³/mol. The minimum Gasteiger partial charge on any atom is -0.465 e. The van der Waals surface area contributed by atoms with Gasteiger partial charge in [0, 0.05) is 25.2 Å². The molecule has 2 fully saturated rings. The predicted octanol–water partition coefficient (Wildman–Crippen LogP) is 2.61. The number of esters is 1. The number of nitrogens with one attached hydrogen (secondary N) is 1. The van der Waals surface area contributed by atoms with E-state index >= 15 is 0 Å². The summed E-state index contributed by atoms with van der Waals surface area (Å²) < 4.78 is 7.13. The number of rotatable bonds is 5. The average Bonchev–Trinajstić information content (AvgIpc) is 3.44. The normalized spacial score (nSPS) is 20.0. The van der Waals surface area contributed by atoms with Crippen LogP contribution in [0.1, 0.15) is 56.8 Å². The smallest absolute Gasteiger partial charge is 0.325 e. The lowest BCUT2D eigenvalue weighted by molar-refractivity contribution is -0.141. The van der Waals surface area contributed by atoms with Crippen molar-refractivity contribution in [2.75, 3.05) is 26.2 Å². The molecule has 0 spiro atoms. The first-order valence-electron chi connectivity index (χ1n) is 10.2. The lowest BCUT2D eigenvalue weighted by Gasteiger charge is -2.20. The highest BCUT2D eigenvalue weighted by Gasteiger charge is 2.33. The molecule has 8 nitrogen and oxygen atoms in total. The lowest BCUT2D eigenvalue weighted by Crippen LogP contribution is -2.41. The van der Waals surface area contributed by atoms with Crippen LogP contribution in [-0.4, -0.2) is 57.7 Å². The van der Waals surface area contributed by atoms with Crippen LogP contribution in [0.3, 0.4) is 0 Å². The SMILES string of the molecule is CCOC(=O)CNC(=O)N1CC[C@@H](n2c(C3CCCC3)nc3cccnc32)C1. The number of ether oxygens (including phenoxy) is 1. The van der Waals surface area contributed by atoms with Gasteiger partial charge in [-0.05, 0) is 38.3 Å². The molecule has 0 radical (unpaired) electrons. The van der Waals surface area contributed by atoms with E-state index in [0.717, 1.165) is 23.4 Å². The molecule has 0 aromatic carbocycles. The highest BCUT2D eigenvalue weighted by molar-refractivity contribution is 5.81. The minimum absolute atomic E-state index is 0.100. The number of nitrogens with zero attached hydrogens (tertiary/aromatic N) is 4. The van der Waals surface area contributed by atoms with E-state index in [9.17, 15) is 9.59 Å². The van der Waals surface area contributed by atoms with Crippen molar-refractivity contribution < 1.29 is 14.3 Å². The third-order valence-corrected chi connectivity index (χ3v) is 5.70. The van der Waals surface area contributed by atoms with Crippen molar-refractivity contribution in [3.05, 3.63) is 24.2 Å². The molecule has 2 aromatic rings. The van der Waals surface area contributed by atoms with Gasteiger partial charge in [0.15, 0.2) is 5.65 Å². The first-order chi connectivity index (χ1) is 13.7. The van der Waals surface area contributed by atoms with Gasteiger partial charge in [-0.1, -0.05) is 12.8 Å². The van der Waals surface area contributed by atoms with Crippen molar-refractivity contribution in [1.29, 1.82) is 0 Å². The van der Waals surface area contributed by atoms with Crippen LogP contribution < -0.4 is 5.32 Å². The summed E-state index contributed by atoms with van der Waals surface area (Å²) in [6, 6.07) is 3.86. The second kappa shape index (κ2) is 8.16. The van der Waals surface area contributed by atoms with Crippen LogP contribution >= 0.6 is 0 Å². The molecule has 1 aliphatic heterocycles. The number of hydrogen-bond acceptors (Lipinski definition) is 5. The molecule has 1 saturated heterocycles. The number of hydrogen-bond donors (Lipinski definition) is 1. The molecule has 1 saturated carbocycles. The summed E-state index contributed by atoms with van der Waals surface area (Å²) in [4.78, 5) is 35.2. The number of aromatic nitrogens is 3. The number of carbonyl (C=O) groups is 2. The monoisotopic (exact) mass is 385 g/mol. The molecule has 150 valence electrons. The Kier molecular flexibility index (Phi) is 5.45. The number of fused-ring (bicyclic) bond motifs is 1. The van der Waals surface area contributed by atoms with Gasteiger partial charge >= 0.3 is 12.0 Å². The van der Waals surface area contributed by atoms with Gasteiger partial charge < -0.3 is 19.5 Å². The Morgan fingerprint density at radius 1 is 1.29 bits per heavy atom. The molecule has 8 heteroatoms. The zero-order valence-corrected chi connectivity index (χ0v) is 16.3. The fourth-order valence-corrected chi connectivity index (χ4v) is 4.39. The van der Waals surface area contributed by atoms with Crippen molar-refractivity contribution >= 4 is 23.2 Å². The molecule has 1 atom stereocenters. The number of likely N-dealkylation sites (tertiary alicyclic amines) is 1. The van der Waals surface area contributed by atoms with E-state index in [-0.39, 0.29) is 18.6 Å². The Bertz CT molecular complexity index is 859. The fourth-order valence-electron chi connectivity index (χ4n) is 4.39. The van der Waals surface area contributed by atoms with Crippen molar-refractivity contribution in [2.45, 2.75) is 51.0 Å². The first kappa shape index (κ1) is 18.7. The van der Waals surface area contributed by atoms with E-state index in [0.29, 0.717) is 25.6 Å². The number of carbonyl (C=O) groups excluding carboxylic acids is 2. The number of urea groups is 1. The summed E-state index contributed by atoms with van der Waals surface area (Å²) in [6.45, 7) is 3.20. The Morgan fingerprint density at radius 3 is 2.89 bits per heavy atom. The van der Waals surface area contributed by atoms with Crippen LogP contribution in [0.2, 0.25) is 0 Å². The highest BCUT2D eigenvalue weighted by Crippen LogP contribution is 2.37. The fraction of sp³-hybridized carbons (Fsp3) is 0.600. The van der Waals surface area contributed by atoms with E-state index in [1.165, 1.54) is 25.7 Å². The van der Waals surface area contributed by atoms with Crippen molar-refractivity contribution in [3.63, 3.8) is 0 Å². The van der Waals surface area contributed by atoms with E-state index < -0.39 is 5.97 Å². The van der Waals surface area contributed by atoms with Gasteiger partial charge in [0.1, 0.15) is 17.9 Å². The maximum Gasteiger partial charge on any atom is 0.325 e. The Labute approximate surface area is 164 Å². The van der Waals surface area contributed by atoms with Crippen LogP contribution in [0, 0.1) is 0 Å². The van der Waals surface area contributed by atoms with Crippen LogP contribution in [0.5, 0.6) is 0 Å². The molecule has 2 aliphatic rings. The van der Waals surface area contributed by atoms with Gasteiger partial charge in [-0.3, -0.25) is 4.79 Å². The Hall–Kier alpha value is -2.64. The maximum atomic E-state index is 12.4. The van der Waals surface area contributed by atoms with Crippen LogP contribution in [0.4, 0.5) is 4.79 Å². The molecule has 1 N–H and O–H groups in total. The van der Waals surface area contributed by atoms with Gasteiger partial charge in [-0.15, -0.1) is 0 Å². The van der Waals surface area contributed by atoms with Crippen LogP contribution in [0.25, 0.3) is 11.2 Å². The van der Waals surface area contributed by atoms with Gasteiger partial charge in [-0.2, -0.15) is 0 Å². The lowest BCUT2D eigenvalue weighted by atomic mass is 10.1. The van der Waals surface area contributed by atoms with Crippen LogP contribution in [0.15, 0.2) is 18.3 Å². The van der Waals surface area contributed by atoms with E-state index in [2.05, 4.69) is 14.9 Å². The molecule has 4 rings (SSSR count). The third-order valence-electron chi connectivity index (χ3n) is 5.70. The third kappa shape index (κ3) is 3.68. The molecule has 0 bridgehead atoms. The maximum absolute atomic E-state index is 12.4. The summed E-state index contributed by atoms with van der Waals surface area (Å²) >= 11 is 0. The summed E-state index contributed by atoms with van der Waals surface area (Å²) in [5, 5.41) is 2.65. The van der Waals surface area contributed by atoms with Crippen molar-refractivity contribution in [1.82, 2.24) is 24.8 Å². The second-order valence-electron chi connectivity index (χ2n) is 7.52. The van der Waals surface area contributed by atoms with Crippen molar-refractivity contribution in [2.24, 2.45) is 0 Å². The highest BCUT2D eigenvalue weighted by atomic mass is 16.5. The first-order valence-corrected chi connectivity index (χ1v) is 10.2. The Morgan fingerprint density at radius 2 is 2.11 bits per heavy atom. The van der Waals surface area contributed by atoms with Gasteiger partial charge in [-0.25, -0.2) is 14.8 Å². The molecule has 28 heavy (non-hydrogen) atoms. The molecule has 2 amide bonds. The summed E-state index contributed by atoms with van der Waals surface area (Å²) in [5.41, 5.74) is 1.83. The molecule has 3 heterocycles. The van der Waals surface area contributed by atoms with E-state index in [1.807, 2.05) is 12.1 Å². The molecule has 0 unspecified atom stereocenters. The van der Waals surface area contributed by atoms with E-state index in [4.69, 9.17) is 9.72 Å². The minimum atomic E-state index is -0.417. The molecule has 2 aromatic heterocycles. The Balaban J connectivity index is 1.50. The van der Waals surface area contributed by atoms with Crippen LogP contribution in [-0.2, 0) is 9.53 Å². The number of amides is 2. The summed E-state index contributed by atoms with van der Waals surface area (Å²) in [5.74, 6) is 1.17. The second-order valence-corrected chi connectivity index (χ2v) is 7.52. The number of imidazole rings is 1. The topological polar surface area (TPSA) is 89.4 Å². The number of pyridine rings is 1. The molecular formula is C20H27N5O3. The van der Waals surface area contributed by atoms with E-state index in [1.54, 1.807) is 18.0 Å². The van der Waals surface area contributed by atoms with Gasteiger partial charge in [0.2, 0.25) is 0 Å². The van der Waals surface area contributed by atoms with Gasteiger partial charge in [0.25, 0.3) is 0 Å². The van der Waals surface area contributed by atoms with Gasteiger partial charge in [0.05, 0.1) is 12.6 Å². The summed E-state index contributed by atoms with van der Waals surface area (Å²) in [6.07, 6.45) is 7.48. The standard InChI is InChI=1S/C20H27N5O3/c1-2-28-17(26)12-22-20(27)24-11-9-15(13-24)25-18(14-6-3-4-7-14)23-16-8-5-10-21-19(16)25/h5,8,10,14-15H,2-4,6-7,9,11-13H2,1H3,(H,22,27)/t15-/m1/s1. The molecular weight excluding hydrogens is 358 g/mol. The average molecular weight is 385 g/mol. The quantitative estimate of drug-likeness (QED) is 0.799. The zero-order valence-electron chi connectivity index (χ0n) is 16.3.